The van der Waals surface area contributed by atoms with Gasteiger partial charge in [-0.2, -0.15) is 0 Å². The third kappa shape index (κ3) is 4.92. The normalized spacial score (nSPS) is 13.0. The highest BCUT2D eigenvalue weighted by Crippen LogP contribution is 2.28. The molecule has 0 bridgehead atoms. The van der Waals surface area contributed by atoms with Crippen molar-refractivity contribution in [2.75, 3.05) is 13.2 Å². The number of aliphatic hydroxyl groups is 1. The van der Waals surface area contributed by atoms with E-state index in [4.69, 9.17) is 4.74 Å². The monoisotopic (exact) mass is 312 g/mol. The molecule has 0 aliphatic heterocycles. The molecule has 0 aliphatic rings. The van der Waals surface area contributed by atoms with Crippen molar-refractivity contribution in [3.8, 4) is 5.75 Å². The summed E-state index contributed by atoms with van der Waals surface area (Å²) < 4.78 is 5.78. The summed E-state index contributed by atoms with van der Waals surface area (Å²) in [6.07, 6.45) is 1.44. The molecule has 0 saturated heterocycles. The Bertz CT molecular complexity index is 581. The highest BCUT2D eigenvalue weighted by Gasteiger charge is 2.13. The average Bonchev–Trinajstić information content (AvgIpc) is 2.76. The first-order valence-corrected chi connectivity index (χ1v) is 6.99. The number of hydrogen-bond donors (Lipinski definition) is 3. The van der Waals surface area contributed by atoms with Crippen molar-refractivity contribution in [1.29, 1.82) is 0 Å². The van der Waals surface area contributed by atoms with Crippen LogP contribution in [0.15, 0.2) is 24.4 Å². The van der Waals surface area contributed by atoms with E-state index >= 15 is 0 Å². The maximum absolute atomic E-state index is 9.97. The Morgan fingerprint density at radius 3 is 2.76 bits per heavy atom. The number of fused-ring (bicyclic) bond motifs is 1. The molecule has 0 radical (unpaired) electrons. The number of ether oxygens (including phenoxy) is 1. The van der Waals surface area contributed by atoms with Crippen LogP contribution in [0.4, 0.5) is 0 Å². The molecule has 5 heteroatoms. The van der Waals surface area contributed by atoms with Crippen molar-refractivity contribution in [3.63, 3.8) is 0 Å². The van der Waals surface area contributed by atoms with Gasteiger partial charge in [0.05, 0.1) is 0 Å². The molecule has 118 valence electrons. The first kappa shape index (κ1) is 17.8. The molecule has 3 N–H and O–H groups in total. The van der Waals surface area contributed by atoms with E-state index in [2.05, 4.69) is 31.1 Å². The van der Waals surface area contributed by atoms with Gasteiger partial charge in [0.1, 0.15) is 18.5 Å². The molecule has 1 aromatic carbocycles. The summed E-state index contributed by atoms with van der Waals surface area (Å²) in [6, 6.07) is 5.91. The van der Waals surface area contributed by atoms with E-state index in [1.807, 2.05) is 31.3 Å². The number of aromatic nitrogens is 1. The van der Waals surface area contributed by atoms with Crippen molar-refractivity contribution in [1.82, 2.24) is 10.3 Å². The Morgan fingerprint density at radius 1 is 1.38 bits per heavy atom. The molecule has 1 heterocycles. The number of aromatic amines is 1. The molecule has 2 rings (SSSR count). The number of H-pyrrole nitrogens is 1. The second kappa shape index (κ2) is 7.16. The van der Waals surface area contributed by atoms with Crippen LogP contribution in [0.2, 0.25) is 0 Å². The fourth-order valence-corrected chi connectivity index (χ4v) is 2.11. The second-order valence-corrected chi connectivity index (χ2v) is 6.25. The molecule has 1 unspecified atom stereocenters. The fourth-order valence-electron chi connectivity index (χ4n) is 2.11. The van der Waals surface area contributed by atoms with Gasteiger partial charge in [0.15, 0.2) is 0 Å². The van der Waals surface area contributed by atoms with Crippen molar-refractivity contribution >= 4 is 10.9 Å². The summed E-state index contributed by atoms with van der Waals surface area (Å²) in [5.74, 6) is 0.816. The van der Waals surface area contributed by atoms with Gasteiger partial charge in [0, 0.05) is 29.2 Å². The maximum Gasteiger partial charge on any atom is 1.00 e. The quantitative estimate of drug-likeness (QED) is 0.712. The highest BCUT2D eigenvalue weighted by molar-refractivity contribution is 5.89. The Kier molecular flexibility index (Phi) is 6.08. The number of hydrogen-bond acceptors (Lipinski definition) is 3. The molecule has 0 spiro atoms. The van der Waals surface area contributed by atoms with Crippen molar-refractivity contribution in [3.05, 3.63) is 30.0 Å². The first-order chi connectivity index (χ1) is 9.37. The van der Waals surface area contributed by atoms with E-state index in [1.165, 1.54) is 0 Å². The fraction of sp³-hybridized carbons (Fsp3) is 0.500. The highest BCUT2D eigenvalue weighted by atomic mass is 35.5. The number of rotatable bonds is 5. The number of halogens is 1. The minimum absolute atomic E-state index is 0. The topological polar surface area (TPSA) is 57.3 Å². The summed E-state index contributed by atoms with van der Waals surface area (Å²) in [7, 11) is 0. The lowest BCUT2D eigenvalue weighted by Gasteiger charge is -2.23. The smallest absolute Gasteiger partial charge is 1.00 e. The zero-order valence-electron chi connectivity index (χ0n) is 14.0. The third-order valence-corrected chi connectivity index (χ3v) is 3.16. The Hall–Kier alpha value is -1.23. The molecule has 4 nitrogen and oxygen atoms in total. The van der Waals surface area contributed by atoms with E-state index < -0.39 is 6.10 Å². The van der Waals surface area contributed by atoms with Crippen LogP contribution in [0.25, 0.3) is 10.9 Å². The molecule has 0 aliphatic carbocycles. The number of nitrogens with one attached hydrogen (secondary N) is 2. The summed E-state index contributed by atoms with van der Waals surface area (Å²) in [5.41, 5.74) is 2.21. The summed E-state index contributed by atoms with van der Waals surface area (Å²) in [6.45, 7) is 9.07. The maximum atomic E-state index is 9.97. The third-order valence-electron chi connectivity index (χ3n) is 3.16. The van der Waals surface area contributed by atoms with Crippen molar-refractivity contribution in [2.45, 2.75) is 39.3 Å². The zero-order chi connectivity index (χ0) is 14.8. The molecule has 0 saturated carbocycles. The predicted molar refractivity (Wildman–Crippen MR) is 83.4 cm³/mol. The summed E-state index contributed by atoms with van der Waals surface area (Å²) in [5, 5.41) is 14.3. The largest absolute Gasteiger partial charge is 1.00 e. The van der Waals surface area contributed by atoms with Crippen LogP contribution in [0.5, 0.6) is 5.75 Å². The van der Waals surface area contributed by atoms with E-state index in [0.29, 0.717) is 6.54 Å². The molecule has 1 atom stereocenters. The molecule has 0 amide bonds. The van der Waals surface area contributed by atoms with Gasteiger partial charge in [-0.05, 0) is 45.4 Å². The Morgan fingerprint density at radius 2 is 2.10 bits per heavy atom. The molecule has 2 aromatic rings. The Labute approximate surface area is 133 Å². The summed E-state index contributed by atoms with van der Waals surface area (Å²) >= 11 is 0. The van der Waals surface area contributed by atoms with Gasteiger partial charge in [0.25, 0.3) is 0 Å². The van der Waals surface area contributed by atoms with Crippen LogP contribution in [0, 0.1) is 6.92 Å². The van der Waals surface area contributed by atoms with Gasteiger partial charge in [0.2, 0.25) is 0 Å². The lowest BCUT2D eigenvalue weighted by atomic mass is 10.1. The van der Waals surface area contributed by atoms with Crippen molar-refractivity contribution in [2.24, 2.45) is 0 Å². The lowest BCUT2D eigenvalue weighted by Crippen LogP contribution is -3.00. The Balaban J connectivity index is 0.00000220. The van der Waals surface area contributed by atoms with Gasteiger partial charge in [-0.1, -0.05) is 6.07 Å². The number of aryl methyl sites for hydroxylation is 1. The van der Waals surface area contributed by atoms with E-state index in [0.717, 1.165) is 22.2 Å². The van der Waals surface area contributed by atoms with Crippen LogP contribution >= 0.6 is 0 Å². The zero-order valence-corrected chi connectivity index (χ0v) is 13.8. The van der Waals surface area contributed by atoms with E-state index in [9.17, 15) is 5.11 Å². The van der Waals surface area contributed by atoms with Gasteiger partial charge >= 0.3 is 1.43 Å². The van der Waals surface area contributed by atoms with Gasteiger partial charge in [-0.3, -0.25) is 0 Å². The molecule has 21 heavy (non-hydrogen) atoms. The van der Waals surface area contributed by atoms with Crippen LogP contribution in [-0.4, -0.2) is 34.9 Å². The van der Waals surface area contributed by atoms with Crippen LogP contribution < -0.4 is 22.5 Å². The standard InChI is InChI=1S/C16H24N2O2.ClH/c1-11-8-17-13-6-5-7-14(15(11)13)20-10-12(19)9-18-16(2,3)4;/h5-8,12,17-19H,9-10H2,1-4H3;1H. The number of benzene rings is 1. The molecule has 1 aromatic heterocycles. The van der Waals surface area contributed by atoms with E-state index in [-0.39, 0.29) is 26.0 Å². The summed E-state index contributed by atoms with van der Waals surface area (Å²) in [4.78, 5) is 3.21. The lowest BCUT2D eigenvalue weighted by molar-refractivity contribution is -0.00000644. The van der Waals surface area contributed by atoms with E-state index in [1.54, 1.807) is 0 Å². The minimum Gasteiger partial charge on any atom is -1.00 e. The van der Waals surface area contributed by atoms with Crippen LogP contribution in [0.3, 0.4) is 0 Å². The second-order valence-electron chi connectivity index (χ2n) is 6.25. The van der Waals surface area contributed by atoms with Crippen LogP contribution in [0.1, 0.15) is 27.8 Å². The predicted octanol–water partition coefficient (Wildman–Crippen LogP) is -0.279. The van der Waals surface area contributed by atoms with Gasteiger partial charge < -0.3 is 32.6 Å². The minimum atomic E-state index is -0.524. The molecule has 0 fully saturated rings. The van der Waals surface area contributed by atoms with Crippen molar-refractivity contribution < 1.29 is 23.7 Å². The average molecular weight is 313 g/mol. The molecular formula is C16H25ClN2O2. The van der Waals surface area contributed by atoms with Gasteiger partial charge in [-0.25, -0.2) is 0 Å². The number of β-amino-alcohol motifs (C(OH)–C–C–N with tert-alkyl or cyclic N) is 1. The molecular weight excluding hydrogens is 288 g/mol. The van der Waals surface area contributed by atoms with Gasteiger partial charge in [-0.15, -0.1) is 0 Å². The SMILES string of the molecule is Cc1c[nH]c2cccc(OCC(O)CNC(C)(C)C)c12.[Cl-].[H+]. The number of aliphatic hydroxyl groups excluding tert-OH is 1. The van der Waals surface area contributed by atoms with Crippen LogP contribution in [-0.2, 0) is 0 Å². The first-order valence-electron chi connectivity index (χ1n) is 6.99.